The molecule has 0 amide bonds. The molecule has 0 aliphatic rings. The second-order valence-corrected chi connectivity index (χ2v) is 14.8. The molecular formula is C52H34F3N3. The predicted molar refractivity (Wildman–Crippen MR) is 231 cm³/mol. The number of rotatable bonds is 5. The quantitative estimate of drug-likeness (QED) is 0.172. The van der Waals surface area contributed by atoms with E-state index >= 15 is 0 Å². The summed E-state index contributed by atoms with van der Waals surface area (Å²) in [4.78, 5) is 0. The fourth-order valence-corrected chi connectivity index (χ4v) is 8.80. The van der Waals surface area contributed by atoms with Gasteiger partial charge in [-0.3, -0.25) is 0 Å². The van der Waals surface area contributed by atoms with Crippen molar-refractivity contribution in [2.45, 2.75) is 20.0 Å². The minimum atomic E-state index is -4.63. The number of aryl methyl sites for hydroxylation is 2. The number of hydrogen-bond donors (Lipinski definition) is 0. The first-order chi connectivity index (χ1) is 28.2. The van der Waals surface area contributed by atoms with E-state index in [0.717, 1.165) is 83.1 Å². The molecule has 0 radical (unpaired) electrons. The van der Waals surface area contributed by atoms with Crippen LogP contribution in [0.5, 0.6) is 0 Å². The average molecular weight is 758 g/mol. The topological polar surface area (TPSA) is 33.6 Å². The standard InChI is InChI=1S/C52H34F3N3/c1-32-12-3-5-15-38(32)34-22-25-47-42(28-34)40-17-7-9-19-45(40)57(47)49-27-24-37(52(53,54)55)30-44(49)51-36(31-56)14-11-21-50(51)58-46-20-10-8-18-41(46)43-29-35(23-26-48(43)58)39-16-6-4-13-33(39)2/h3-30H,1-2H3. The van der Waals surface area contributed by atoms with Crippen LogP contribution in [0.15, 0.2) is 170 Å². The third-order valence-corrected chi connectivity index (χ3v) is 11.5. The molecule has 3 nitrogen and oxygen atoms in total. The van der Waals surface area contributed by atoms with Gasteiger partial charge in [0, 0.05) is 32.7 Å². The van der Waals surface area contributed by atoms with Crippen molar-refractivity contribution in [3.63, 3.8) is 0 Å². The van der Waals surface area contributed by atoms with E-state index in [0.29, 0.717) is 22.5 Å². The van der Waals surface area contributed by atoms with Crippen LogP contribution in [-0.2, 0) is 6.18 Å². The van der Waals surface area contributed by atoms with E-state index in [9.17, 15) is 18.4 Å². The van der Waals surface area contributed by atoms with Gasteiger partial charge in [-0.15, -0.1) is 0 Å². The third kappa shape index (κ3) is 5.50. The molecule has 0 saturated carbocycles. The second kappa shape index (κ2) is 13.4. The van der Waals surface area contributed by atoms with Gasteiger partial charge < -0.3 is 9.13 Å². The van der Waals surface area contributed by atoms with Crippen LogP contribution in [0.4, 0.5) is 13.2 Å². The monoisotopic (exact) mass is 757 g/mol. The van der Waals surface area contributed by atoms with Gasteiger partial charge in [0.1, 0.15) is 0 Å². The lowest BCUT2D eigenvalue weighted by Gasteiger charge is -2.21. The summed E-state index contributed by atoms with van der Waals surface area (Å²) in [5.74, 6) is 0. The highest BCUT2D eigenvalue weighted by molar-refractivity contribution is 6.13. The first kappa shape index (κ1) is 35.1. The second-order valence-electron chi connectivity index (χ2n) is 14.8. The predicted octanol–water partition coefficient (Wildman–Crippen LogP) is 14.4. The maximum Gasteiger partial charge on any atom is 0.416 e. The number of nitriles is 1. The molecule has 58 heavy (non-hydrogen) atoms. The molecule has 0 spiro atoms. The van der Waals surface area contributed by atoms with Crippen molar-refractivity contribution in [3.8, 4) is 50.8 Å². The largest absolute Gasteiger partial charge is 0.416 e. The van der Waals surface area contributed by atoms with Gasteiger partial charge in [-0.1, -0.05) is 103 Å². The number of hydrogen-bond acceptors (Lipinski definition) is 1. The summed E-state index contributed by atoms with van der Waals surface area (Å²) >= 11 is 0. The Labute approximate surface area is 333 Å². The van der Waals surface area contributed by atoms with Gasteiger partial charge in [0.05, 0.1) is 50.6 Å². The molecule has 0 fully saturated rings. The van der Waals surface area contributed by atoms with Crippen LogP contribution in [0, 0.1) is 25.2 Å². The highest BCUT2D eigenvalue weighted by Gasteiger charge is 2.33. The first-order valence-electron chi connectivity index (χ1n) is 19.1. The molecule has 8 aromatic carbocycles. The SMILES string of the molecule is Cc1ccccc1-c1ccc2c(c1)c1ccccc1n2-c1ccc(C(F)(F)F)cc1-c1c(C#N)cccc1-n1c2ccccc2c2cc(-c3ccccc3C)ccc21. The maximum absolute atomic E-state index is 14.8. The number of alkyl halides is 3. The number of aromatic nitrogens is 2. The molecule has 0 saturated heterocycles. The van der Waals surface area contributed by atoms with Crippen molar-refractivity contribution in [3.05, 3.63) is 192 Å². The number of benzene rings is 8. The molecule has 6 heteroatoms. The molecule has 10 aromatic rings. The summed E-state index contributed by atoms with van der Waals surface area (Å²) in [6.07, 6.45) is -4.63. The summed E-state index contributed by atoms with van der Waals surface area (Å²) in [6.45, 7) is 4.18. The summed E-state index contributed by atoms with van der Waals surface area (Å²) in [6, 6.07) is 56.8. The van der Waals surface area contributed by atoms with Crippen molar-refractivity contribution in [1.29, 1.82) is 5.26 Å². The number of halogens is 3. The zero-order valence-corrected chi connectivity index (χ0v) is 31.6. The Morgan fingerprint density at radius 3 is 1.48 bits per heavy atom. The smallest absolute Gasteiger partial charge is 0.309 e. The molecule has 0 N–H and O–H groups in total. The molecule has 0 aliphatic heterocycles. The minimum Gasteiger partial charge on any atom is -0.309 e. The Balaban J connectivity index is 1.28. The van der Waals surface area contributed by atoms with Gasteiger partial charge in [0.15, 0.2) is 0 Å². The Hall–Kier alpha value is -7.36. The van der Waals surface area contributed by atoms with E-state index in [1.165, 1.54) is 6.07 Å². The zero-order valence-electron chi connectivity index (χ0n) is 31.6. The lowest BCUT2D eigenvalue weighted by Crippen LogP contribution is -2.08. The molecular weight excluding hydrogens is 724 g/mol. The van der Waals surface area contributed by atoms with E-state index < -0.39 is 11.7 Å². The molecule has 0 bridgehead atoms. The third-order valence-electron chi connectivity index (χ3n) is 11.5. The number of nitrogens with zero attached hydrogens (tertiary/aromatic N) is 3. The number of para-hydroxylation sites is 2. The van der Waals surface area contributed by atoms with Gasteiger partial charge in [0.25, 0.3) is 0 Å². The van der Waals surface area contributed by atoms with Crippen LogP contribution in [0.2, 0.25) is 0 Å². The Morgan fingerprint density at radius 2 is 0.948 bits per heavy atom. The molecule has 10 rings (SSSR count). The van der Waals surface area contributed by atoms with E-state index in [4.69, 9.17) is 0 Å². The number of fused-ring (bicyclic) bond motifs is 6. The lowest BCUT2D eigenvalue weighted by molar-refractivity contribution is -0.137. The van der Waals surface area contributed by atoms with Gasteiger partial charge in [-0.05, 0) is 114 Å². The fourth-order valence-electron chi connectivity index (χ4n) is 8.80. The van der Waals surface area contributed by atoms with E-state index in [1.807, 2.05) is 71.3 Å². The maximum atomic E-state index is 14.8. The van der Waals surface area contributed by atoms with Crippen LogP contribution in [0.3, 0.4) is 0 Å². The summed E-state index contributed by atoms with van der Waals surface area (Å²) in [5.41, 5.74) is 11.4. The van der Waals surface area contributed by atoms with E-state index in [2.05, 4.69) is 97.3 Å². The van der Waals surface area contributed by atoms with E-state index in [-0.39, 0.29) is 5.56 Å². The summed E-state index contributed by atoms with van der Waals surface area (Å²) in [5, 5.41) is 14.7. The van der Waals surface area contributed by atoms with Gasteiger partial charge in [-0.2, -0.15) is 18.4 Å². The van der Waals surface area contributed by atoms with Crippen LogP contribution >= 0.6 is 0 Å². The average Bonchev–Trinajstić information content (AvgIpc) is 3.75. The zero-order chi connectivity index (χ0) is 39.7. The first-order valence-corrected chi connectivity index (χ1v) is 19.1. The van der Waals surface area contributed by atoms with Crippen LogP contribution in [-0.4, -0.2) is 9.13 Å². The van der Waals surface area contributed by atoms with Crippen molar-refractivity contribution < 1.29 is 13.2 Å². The summed E-state index contributed by atoms with van der Waals surface area (Å²) < 4.78 is 48.5. The molecule has 0 aliphatic carbocycles. The molecule has 2 heterocycles. The molecule has 2 aromatic heterocycles. The highest BCUT2D eigenvalue weighted by Crippen LogP contribution is 2.45. The van der Waals surface area contributed by atoms with Gasteiger partial charge in [0.2, 0.25) is 0 Å². The Bertz CT molecular complexity index is 3320. The van der Waals surface area contributed by atoms with Crippen molar-refractivity contribution in [1.82, 2.24) is 9.13 Å². The lowest BCUT2D eigenvalue weighted by atomic mass is 9.94. The normalized spacial score (nSPS) is 11.9. The minimum absolute atomic E-state index is 0.267. The van der Waals surface area contributed by atoms with Crippen molar-refractivity contribution in [2.75, 3.05) is 0 Å². The van der Waals surface area contributed by atoms with Crippen molar-refractivity contribution in [2.24, 2.45) is 0 Å². The van der Waals surface area contributed by atoms with Crippen molar-refractivity contribution >= 4 is 43.6 Å². The van der Waals surface area contributed by atoms with Crippen LogP contribution in [0.25, 0.3) is 88.4 Å². The summed E-state index contributed by atoms with van der Waals surface area (Å²) in [7, 11) is 0. The van der Waals surface area contributed by atoms with Gasteiger partial charge in [-0.25, -0.2) is 0 Å². The Morgan fingerprint density at radius 1 is 0.448 bits per heavy atom. The van der Waals surface area contributed by atoms with Crippen LogP contribution in [0.1, 0.15) is 22.3 Å². The van der Waals surface area contributed by atoms with E-state index in [1.54, 1.807) is 18.2 Å². The fraction of sp³-hybridized carbons (Fsp3) is 0.0577. The highest BCUT2D eigenvalue weighted by atomic mass is 19.4. The van der Waals surface area contributed by atoms with Gasteiger partial charge >= 0.3 is 6.18 Å². The van der Waals surface area contributed by atoms with Crippen LogP contribution < -0.4 is 0 Å². The molecule has 0 atom stereocenters. The Kier molecular flexibility index (Phi) is 8.10. The molecule has 0 unspecified atom stereocenters. The molecule has 278 valence electrons.